The Hall–Kier alpha value is -2.60. The molecule has 2 aromatic rings. The van der Waals surface area contributed by atoms with Crippen molar-refractivity contribution < 1.29 is 19.0 Å². The first-order valence-corrected chi connectivity index (χ1v) is 7.04. The number of rotatable bonds is 5. The molecule has 0 aliphatic rings. The van der Waals surface area contributed by atoms with Gasteiger partial charge in [0.05, 0.1) is 32.0 Å². The van der Waals surface area contributed by atoms with Gasteiger partial charge < -0.3 is 25.3 Å². The van der Waals surface area contributed by atoms with Crippen molar-refractivity contribution in [2.24, 2.45) is 0 Å². The number of nitrogens with one attached hydrogen (secondary N) is 1. The maximum Gasteiger partial charge on any atom is 0.255 e. The largest absolute Gasteiger partial charge is 0.493 e. The summed E-state index contributed by atoms with van der Waals surface area (Å²) in [4.78, 5) is 12.4. The van der Waals surface area contributed by atoms with Crippen molar-refractivity contribution in [1.82, 2.24) is 0 Å². The Morgan fingerprint density at radius 1 is 1.04 bits per heavy atom. The molecule has 122 valence electrons. The SMILES string of the molecule is COc1cc(C(=O)Nc2ccc(Cl)c(N)c2)cc(OC)c1OC. The topological polar surface area (TPSA) is 82.8 Å². The van der Waals surface area contributed by atoms with Gasteiger partial charge in [-0.15, -0.1) is 0 Å². The number of ether oxygens (including phenoxy) is 3. The number of carbonyl (C=O) groups excluding carboxylic acids is 1. The summed E-state index contributed by atoms with van der Waals surface area (Å²) in [7, 11) is 4.47. The van der Waals surface area contributed by atoms with E-state index in [0.717, 1.165) is 0 Å². The van der Waals surface area contributed by atoms with Crippen molar-refractivity contribution in [3.05, 3.63) is 40.9 Å². The Balaban J connectivity index is 2.33. The highest BCUT2D eigenvalue weighted by Crippen LogP contribution is 2.38. The second-order valence-corrected chi connectivity index (χ2v) is 5.01. The Morgan fingerprint density at radius 3 is 2.13 bits per heavy atom. The molecule has 0 fully saturated rings. The van der Waals surface area contributed by atoms with Crippen molar-refractivity contribution in [3.63, 3.8) is 0 Å². The van der Waals surface area contributed by atoms with Crippen LogP contribution in [0.25, 0.3) is 0 Å². The molecule has 0 heterocycles. The molecular weight excluding hydrogens is 320 g/mol. The van der Waals surface area contributed by atoms with E-state index in [0.29, 0.717) is 39.2 Å². The molecule has 0 aliphatic heterocycles. The molecule has 0 bridgehead atoms. The maximum absolute atomic E-state index is 12.4. The summed E-state index contributed by atoms with van der Waals surface area (Å²) in [5, 5.41) is 3.16. The van der Waals surface area contributed by atoms with Crippen LogP contribution >= 0.6 is 11.6 Å². The van der Waals surface area contributed by atoms with Gasteiger partial charge in [0, 0.05) is 11.3 Å². The van der Waals surface area contributed by atoms with Crippen LogP contribution in [-0.4, -0.2) is 27.2 Å². The van der Waals surface area contributed by atoms with Gasteiger partial charge >= 0.3 is 0 Å². The second-order valence-electron chi connectivity index (χ2n) is 4.60. The van der Waals surface area contributed by atoms with Crippen LogP contribution in [0.1, 0.15) is 10.4 Å². The van der Waals surface area contributed by atoms with Gasteiger partial charge in [-0.3, -0.25) is 4.79 Å². The van der Waals surface area contributed by atoms with Gasteiger partial charge in [-0.1, -0.05) is 11.6 Å². The van der Waals surface area contributed by atoms with E-state index in [4.69, 9.17) is 31.5 Å². The summed E-state index contributed by atoms with van der Waals surface area (Å²) in [6, 6.07) is 7.99. The number of nitrogens with two attached hydrogens (primary N) is 1. The number of benzene rings is 2. The molecule has 6 nitrogen and oxygen atoms in total. The monoisotopic (exact) mass is 336 g/mol. The van der Waals surface area contributed by atoms with Crippen molar-refractivity contribution in [2.75, 3.05) is 32.4 Å². The Morgan fingerprint density at radius 2 is 1.65 bits per heavy atom. The van der Waals surface area contributed by atoms with Crippen LogP contribution in [0.5, 0.6) is 17.2 Å². The number of carbonyl (C=O) groups is 1. The number of anilines is 2. The van der Waals surface area contributed by atoms with Crippen LogP contribution < -0.4 is 25.3 Å². The van der Waals surface area contributed by atoms with Crippen molar-refractivity contribution in [2.45, 2.75) is 0 Å². The third kappa shape index (κ3) is 3.60. The maximum atomic E-state index is 12.4. The van der Waals surface area contributed by atoms with Gasteiger partial charge in [-0.25, -0.2) is 0 Å². The summed E-state index contributed by atoms with van der Waals surface area (Å²) in [5.41, 5.74) is 7.00. The average Bonchev–Trinajstić information content (AvgIpc) is 2.56. The first-order chi connectivity index (χ1) is 11.0. The van der Waals surface area contributed by atoms with E-state index in [2.05, 4.69) is 5.32 Å². The lowest BCUT2D eigenvalue weighted by atomic mass is 10.1. The second kappa shape index (κ2) is 7.11. The fraction of sp³-hybridized carbons (Fsp3) is 0.188. The predicted molar refractivity (Wildman–Crippen MR) is 89.9 cm³/mol. The zero-order chi connectivity index (χ0) is 17.0. The Labute approximate surface area is 139 Å². The van der Waals surface area contributed by atoms with Gasteiger partial charge in [-0.2, -0.15) is 0 Å². The molecule has 0 radical (unpaired) electrons. The molecule has 2 aromatic carbocycles. The van der Waals surface area contributed by atoms with Crippen LogP contribution in [0.3, 0.4) is 0 Å². The number of halogens is 1. The molecule has 2 rings (SSSR count). The van der Waals surface area contributed by atoms with Crippen molar-refractivity contribution in [3.8, 4) is 17.2 Å². The van der Waals surface area contributed by atoms with E-state index >= 15 is 0 Å². The van der Waals surface area contributed by atoms with Crippen LogP contribution in [0.4, 0.5) is 11.4 Å². The molecule has 0 aliphatic carbocycles. The highest BCUT2D eigenvalue weighted by atomic mass is 35.5. The minimum atomic E-state index is -0.342. The van der Waals surface area contributed by atoms with Crippen molar-refractivity contribution >= 4 is 28.9 Å². The van der Waals surface area contributed by atoms with E-state index in [1.54, 1.807) is 30.3 Å². The van der Waals surface area contributed by atoms with Gasteiger partial charge in [0.1, 0.15) is 0 Å². The smallest absolute Gasteiger partial charge is 0.255 e. The van der Waals surface area contributed by atoms with Crippen LogP contribution in [0, 0.1) is 0 Å². The number of hydrogen-bond donors (Lipinski definition) is 2. The number of nitrogen functional groups attached to an aromatic ring is 1. The third-order valence-electron chi connectivity index (χ3n) is 3.18. The normalized spacial score (nSPS) is 10.1. The van der Waals surface area contributed by atoms with E-state index < -0.39 is 0 Å². The molecule has 7 heteroatoms. The summed E-state index contributed by atoms with van der Waals surface area (Å²) in [5.74, 6) is 0.869. The molecule has 0 spiro atoms. The highest BCUT2D eigenvalue weighted by molar-refractivity contribution is 6.33. The lowest BCUT2D eigenvalue weighted by Crippen LogP contribution is -2.12. The molecule has 3 N–H and O–H groups in total. The van der Waals surface area contributed by atoms with Crippen LogP contribution in [0.15, 0.2) is 30.3 Å². The minimum absolute atomic E-state index is 0.342. The fourth-order valence-corrected chi connectivity index (χ4v) is 2.15. The van der Waals surface area contributed by atoms with Gasteiger partial charge in [0.15, 0.2) is 11.5 Å². The lowest BCUT2D eigenvalue weighted by molar-refractivity contribution is 0.102. The standard InChI is InChI=1S/C16H17ClN2O4/c1-21-13-6-9(7-14(22-2)15(13)23-3)16(20)19-10-4-5-11(17)12(18)8-10/h4-8H,18H2,1-3H3,(H,19,20). The summed E-state index contributed by atoms with van der Waals surface area (Å²) in [6.07, 6.45) is 0. The third-order valence-corrected chi connectivity index (χ3v) is 3.52. The number of hydrogen-bond acceptors (Lipinski definition) is 5. The van der Waals surface area contributed by atoms with E-state index in [-0.39, 0.29) is 5.91 Å². The summed E-state index contributed by atoms with van der Waals surface area (Å²) in [6.45, 7) is 0. The number of amides is 1. The molecule has 23 heavy (non-hydrogen) atoms. The van der Waals surface area contributed by atoms with Crippen molar-refractivity contribution in [1.29, 1.82) is 0 Å². The zero-order valence-electron chi connectivity index (χ0n) is 13.0. The summed E-state index contributed by atoms with van der Waals surface area (Å²) < 4.78 is 15.7. The zero-order valence-corrected chi connectivity index (χ0v) is 13.7. The average molecular weight is 337 g/mol. The molecule has 0 saturated heterocycles. The first kappa shape index (κ1) is 16.8. The minimum Gasteiger partial charge on any atom is -0.493 e. The molecular formula is C16H17ClN2O4. The Bertz CT molecular complexity index is 709. The quantitative estimate of drug-likeness (QED) is 0.819. The first-order valence-electron chi connectivity index (χ1n) is 6.66. The van der Waals surface area contributed by atoms with Crippen LogP contribution in [-0.2, 0) is 0 Å². The highest BCUT2D eigenvalue weighted by Gasteiger charge is 2.17. The fourth-order valence-electron chi connectivity index (χ4n) is 2.04. The molecule has 0 atom stereocenters. The summed E-state index contributed by atoms with van der Waals surface area (Å²) >= 11 is 5.86. The predicted octanol–water partition coefficient (Wildman–Crippen LogP) is 3.20. The molecule has 0 aromatic heterocycles. The Kier molecular flexibility index (Phi) is 5.18. The lowest BCUT2D eigenvalue weighted by Gasteiger charge is -2.14. The van der Waals surface area contributed by atoms with E-state index in [9.17, 15) is 4.79 Å². The van der Waals surface area contributed by atoms with Gasteiger partial charge in [0.25, 0.3) is 5.91 Å². The molecule has 1 amide bonds. The van der Waals surface area contributed by atoms with Gasteiger partial charge in [-0.05, 0) is 30.3 Å². The van der Waals surface area contributed by atoms with E-state index in [1.807, 2.05) is 0 Å². The van der Waals surface area contributed by atoms with Crippen LogP contribution in [0.2, 0.25) is 5.02 Å². The number of methoxy groups -OCH3 is 3. The van der Waals surface area contributed by atoms with Gasteiger partial charge in [0.2, 0.25) is 5.75 Å². The molecule has 0 saturated carbocycles. The van der Waals surface area contributed by atoms with E-state index in [1.165, 1.54) is 21.3 Å². The molecule has 0 unspecified atom stereocenters.